The maximum absolute atomic E-state index is 12.6. The van der Waals surface area contributed by atoms with Gasteiger partial charge in [0.15, 0.2) is 0 Å². The molecule has 3 N–H and O–H groups in total. The molecule has 1 aromatic rings. The Morgan fingerprint density at radius 2 is 1.95 bits per heavy atom. The molecule has 0 saturated carbocycles. The van der Waals surface area contributed by atoms with E-state index < -0.39 is 11.7 Å². The molecule has 1 aromatic carbocycles. The van der Waals surface area contributed by atoms with E-state index in [0.717, 1.165) is 25.0 Å². The fourth-order valence-electron chi connectivity index (χ4n) is 1.76. The SMILES string of the molecule is CCC(C)(CCN)Nc1ccc(C(F)(F)F)cc1Br. The summed E-state index contributed by atoms with van der Waals surface area (Å²) < 4.78 is 38.1. The fraction of sp³-hybridized carbons (Fsp3) is 0.538. The van der Waals surface area contributed by atoms with Crippen LogP contribution < -0.4 is 11.1 Å². The van der Waals surface area contributed by atoms with Crippen molar-refractivity contribution >= 4 is 21.6 Å². The minimum Gasteiger partial charge on any atom is -0.379 e. The number of nitrogens with two attached hydrogens (primary N) is 1. The normalized spacial score (nSPS) is 15.1. The van der Waals surface area contributed by atoms with Crippen molar-refractivity contribution in [2.75, 3.05) is 11.9 Å². The van der Waals surface area contributed by atoms with E-state index in [4.69, 9.17) is 5.73 Å². The maximum Gasteiger partial charge on any atom is 0.416 e. The molecule has 1 atom stereocenters. The van der Waals surface area contributed by atoms with Crippen molar-refractivity contribution in [2.45, 2.75) is 38.4 Å². The second-order valence-electron chi connectivity index (χ2n) is 4.77. The van der Waals surface area contributed by atoms with Gasteiger partial charge in [-0.25, -0.2) is 0 Å². The average Bonchev–Trinajstić information content (AvgIpc) is 2.31. The van der Waals surface area contributed by atoms with E-state index in [1.165, 1.54) is 6.07 Å². The largest absolute Gasteiger partial charge is 0.416 e. The zero-order chi connectivity index (χ0) is 14.7. The van der Waals surface area contributed by atoms with Gasteiger partial charge in [0, 0.05) is 15.7 Å². The molecule has 2 nitrogen and oxygen atoms in total. The van der Waals surface area contributed by atoms with E-state index in [1.807, 2.05) is 13.8 Å². The Balaban J connectivity index is 2.97. The Kier molecular flexibility index (Phi) is 5.26. The third kappa shape index (κ3) is 4.38. The highest BCUT2D eigenvalue weighted by Crippen LogP contribution is 2.35. The van der Waals surface area contributed by atoms with E-state index in [2.05, 4.69) is 21.2 Å². The molecule has 0 radical (unpaired) electrons. The van der Waals surface area contributed by atoms with Crippen LogP contribution in [0.5, 0.6) is 0 Å². The number of hydrogen-bond acceptors (Lipinski definition) is 2. The highest BCUT2D eigenvalue weighted by molar-refractivity contribution is 9.10. The molecule has 0 aliphatic rings. The average molecular weight is 339 g/mol. The monoisotopic (exact) mass is 338 g/mol. The van der Waals surface area contributed by atoms with E-state index in [-0.39, 0.29) is 5.54 Å². The summed E-state index contributed by atoms with van der Waals surface area (Å²) in [7, 11) is 0. The summed E-state index contributed by atoms with van der Waals surface area (Å²) in [5.41, 5.74) is 5.32. The van der Waals surface area contributed by atoms with Crippen molar-refractivity contribution in [3.8, 4) is 0 Å². The van der Waals surface area contributed by atoms with Crippen LogP contribution in [0.4, 0.5) is 18.9 Å². The van der Waals surface area contributed by atoms with Crippen molar-refractivity contribution in [2.24, 2.45) is 5.73 Å². The first kappa shape index (κ1) is 16.3. The predicted octanol–water partition coefficient (Wildman–Crippen LogP) is 4.40. The maximum atomic E-state index is 12.6. The highest BCUT2D eigenvalue weighted by atomic mass is 79.9. The van der Waals surface area contributed by atoms with E-state index >= 15 is 0 Å². The lowest BCUT2D eigenvalue weighted by atomic mass is 9.94. The molecular formula is C13H18BrF3N2. The topological polar surface area (TPSA) is 38.0 Å². The van der Waals surface area contributed by atoms with Crippen LogP contribution in [0.1, 0.15) is 32.3 Å². The highest BCUT2D eigenvalue weighted by Gasteiger charge is 2.31. The molecule has 0 aliphatic carbocycles. The van der Waals surface area contributed by atoms with Gasteiger partial charge in [-0.05, 0) is 60.4 Å². The molecule has 0 amide bonds. The van der Waals surface area contributed by atoms with Gasteiger partial charge < -0.3 is 11.1 Å². The molecule has 1 unspecified atom stereocenters. The Bertz CT molecular complexity index is 434. The van der Waals surface area contributed by atoms with Crippen LogP contribution in [0.3, 0.4) is 0 Å². The number of alkyl halides is 3. The van der Waals surface area contributed by atoms with Crippen LogP contribution in [0, 0.1) is 0 Å². The second kappa shape index (κ2) is 6.13. The summed E-state index contributed by atoms with van der Waals surface area (Å²) in [4.78, 5) is 0. The zero-order valence-corrected chi connectivity index (χ0v) is 12.5. The Hall–Kier alpha value is -0.750. The third-order valence-corrected chi connectivity index (χ3v) is 3.87. The number of halogens is 4. The van der Waals surface area contributed by atoms with Gasteiger partial charge in [-0.15, -0.1) is 0 Å². The minimum absolute atomic E-state index is 0.225. The van der Waals surface area contributed by atoms with Crippen LogP contribution in [0.2, 0.25) is 0 Å². The number of nitrogens with one attached hydrogen (secondary N) is 1. The first-order valence-electron chi connectivity index (χ1n) is 6.07. The molecular weight excluding hydrogens is 321 g/mol. The lowest BCUT2D eigenvalue weighted by Crippen LogP contribution is -2.36. The number of rotatable bonds is 5. The second-order valence-corrected chi connectivity index (χ2v) is 5.62. The Morgan fingerprint density at radius 1 is 1.32 bits per heavy atom. The van der Waals surface area contributed by atoms with Gasteiger partial charge in [0.1, 0.15) is 0 Å². The van der Waals surface area contributed by atoms with Gasteiger partial charge in [0.25, 0.3) is 0 Å². The van der Waals surface area contributed by atoms with Crippen molar-refractivity contribution < 1.29 is 13.2 Å². The lowest BCUT2D eigenvalue weighted by Gasteiger charge is -2.31. The van der Waals surface area contributed by atoms with Gasteiger partial charge >= 0.3 is 6.18 Å². The molecule has 0 saturated heterocycles. The van der Waals surface area contributed by atoms with Gasteiger partial charge in [-0.1, -0.05) is 6.92 Å². The number of anilines is 1. The first-order chi connectivity index (χ1) is 8.72. The molecule has 0 fully saturated rings. The first-order valence-corrected chi connectivity index (χ1v) is 6.86. The van der Waals surface area contributed by atoms with Crippen LogP contribution in [-0.2, 0) is 6.18 Å². The van der Waals surface area contributed by atoms with Gasteiger partial charge in [-0.3, -0.25) is 0 Å². The van der Waals surface area contributed by atoms with Crippen LogP contribution in [-0.4, -0.2) is 12.1 Å². The summed E-state index contributed by atoms with van der Waals surface area (Å²) in [6, 6.07) is 3.60. The Morgan fingerprint density at radius 3 is 2.37 bits per heavy atom. The van der Waals surface area contributed by atoms with Crippen molar-refractivity contribution in [3.63, 3.8) is 0 Å². The standard InChI is InChI=1S/C13H18BrF3N2/c1-3-12(2,6-7-18)19-11-5-4-9(8-10(11)14)13(15,16)17/h4-5,8,19H,3,6-7,18H2,1-2H3. The van der Waals surface area contributed by atoms with Crippen LogP contribution in [0.25, 0.3) is 0 Å². The molecule has 19 heavy (non-hydrogen) atoms. The molecule has 0 aromatic heterocycles. The molecule has 1 rings (SSSR count). The summed E-state index contributed by atoms with van der Waals surface area (Å²) in [5.74, 6) is 0. The molecule has 0 aliphatic heterocycles. The molecule has 0 bridgehead atoms. The van der Waals surface area contributed by atoms with Gasteiger partial charge in [0.2, 0.25) is 0 Å². The van der Waals surface area contributed by atoms with Crippen LogP contribution in [0.15, 0.2) is 22.7 Å². The van der Waals surface area contributed by atoms with E-state index in [1.54, 1.807) is 0 Å². The number of hydrogen-bond donors (Lipinski definition) is 2. The van der Waals surface area contributed by atoms with Crippen molar-refractivity contribution in [3.05, 3.63) is 28.2 Å². The summed E-state index contributed by atoms with van der Waals surface area (Å²) >= 11 is 3.18. The zero-order valence-electron chi connectivity index (χ0n) is 10.9. The summed E-state index contributed by atoms with van der Waals surface area (Å²) in [6.45, 7) is 4.54. The van der Waals surface area contributed by atoms with Crippen molar-refractivity contribution in [1.29, 1.82) is 0 Å². The van der Waals surface area contributed by atoms with Gasteiger partial charge in [0.05, 0.1) is 5.56 Å². The molecule has 0 heterocycles. The Labute approximate surface area is 119 Å². The third-order valence-electron chi connectivity index (χ3n) is 3.21. The lowest BCUT2D eigenvalue weighted by molar-refractivity contribution is -0.137. The predicted molar refractivity (Wildman–Crippen MR) is 75.1 cm³/mol. The summed E-state index contributed by atoms with van der Waals surface area (Å²) in [5, 5.41) is 3.26. The quantitative estimate of drug-likeness (QED) is 0.835. The molecule has 6 heteroatoms. The van der Waals surface area contributed by atoms with E-state index in [9.17, 15) is 13.2 Å². The van der Waals surface area contributed by atoms with Crippen molar-refractivity contribution in [1.82, 2.24) is 0 Å². The number of benzene rings is 1. The van der Waals surface area contributed by atoms with Crippen LogP contribution >= 0.6 is 15.9 Å². The fourth-order valence-corrected chi connectivity index (χ4v) is 2.24. The molecule has 0 spiro atoms. The summed E-state index contributed by atoms with van der Waals surface area (Å²) in [6.07, 6.45) is -2.75. The van der Waals surface area contributed by atoms with E-state index in [0.29, 0.717) is 16.7 Å². The minimum atomic E-state index is -4.33. The molecule has 108 valence electrons. The van der Waals surface area contributed by atoms with Gasteiger partial charge in [-0.2, -0.15) is 13.2 Å². The smallest absolute Gasteiger partial charge is 0.379 e.